The van der Waals surface area contributed by atoms with E-state index >= 15 is 0 Å². The molecule has 0 fully saturated rings. The fourth-order valence-electron chi connectivity index (χ4n) is 1.53. The Kier molecular flexibility index (Phi) is 2.85. The molecule has 0 radical (unpaired) electrons. The van der Waals surface area contributed by atoms with Crippen molar-refractivity contribution < 1.29 is 4.79 Å². The number of aromatic nitrogens is 4. The lowest BCUT2D eigenvalue weighted by Crippen LogP contribution is -1.91. The maximum atomic E-state index is 11.1. The molecule has 5 nitrogen and oxygen atoms in total. The topological polar surface area (TPSA) is 60.2 Å². The molecule has 0 aliphatic heterocycles. The van der Waals surface area contributed by atoms with Crippen molar-refractivity contribution in [1.29, 1.82) is 0 Å². The van der Waals surface area contributed by atoms with Gasteiger partial charge in [-0.2, -0.15) is 0 Å². The van der Waals surface area contributed by atoms with Crippen LogP contribution >= 0.6 is 23.1 Å². The highest BCUT2D eigenvalue weighted by Crippen LogP contribution is 2.28. The zero-order chi connectivity index (χ0) is 12.5. The summed E-state index contributed by atoms with van der Waals surface area (Å²) in [6.07, 6.45) is 4.34. The first kappa shape index (κ1) is 11.4. The van der Waals surface area contributed by atoms with Crippen molar-refractivity contribution in [2.75, 3.05) is 0 Å². The van der Waals surface area contributed by atoms with Crippen molar-refractivity contribution in [1.82, 2.24) is 19.4 Å². The molecule has 0 aliphatic carbocycles. The van der Waals surface area contributed by atoms with Crippen LogP contribution in [-0.2, 0) is 0 Å². The van der Waals surface area contributed by atoms with Gasteiger partial charge in [-0.05, 0) is 24.8 Å². The number of hydrogen-bond donors (Lipinski definition) is 0. The lowest BCUT2D eigenvalue weighted by Gasteiger charge is -1.98. The van der Waals surface area contributed by atoms with Gasteiger partial charge >= 0.3 is 0 Å². The summed E-state index contributed by atoms with van der Waals surface area (Å²) in [5.74, 6) is 0. The van der Waals surface area contributed by atoms with E-state index in [2.05, 4.69) is 15.0 Å². The molecule has 3 rings (SSSR count). The van der Waals surface area contributed by atoms with E-state index in [1.54, 1.807) is 10.6 Å². The van der Waals surface area contributed by atoms with Crippen molar-refractivity contribution in [2.24, 2.45) is 0 Å². The number of aryl methyl sites for hydroxylation is 1. The second-order valence-corrected chi connectivity index (χ2v) is 5.39. The highest BCUT2D eigenvalue weighted by molar-refractivity contribution is 7.99. The number of thiazole rings is 1. The van der Waals surface area contributed by atoms with Crippen LogP contribution in [-0.4, -0.2) is 25.6 Å². The van der Waals surface area contributed by atoms with Gasteiger partial charge in [-0.3, -0.25) is 9.20 Å². The molecule has 0 atom stereocenters. The van der Waals surface area contributed by atoms with E-state index in [9.17, 15) is 4.79 Å². The number of imidazole rings is 1. The van der Waals surface area contributed by atoms with E-state index in [0.29, 0.717) is 15.9 Å². The SMILES string of the molecule is Cc1ccnc(Sc2nc3sccn3c2C=O)n1. The summed E-state index contributed by atoms with van der Waals surface area (Å²) in [6.45, 7) is 1.90. The van der Waals surface area contributed by atoms with Crippen molar-refractivity contribution in [3.63, 3.8) is 0 Å². The number of nitrogens with zero attached hydrogens (tertiary/aromatic N) is 4. The average molecular weight is 276 g/mol. The van der Waals surface area contributed by atoms with Crippen LogP contribution in [0.25, 0.3) is 4.96 Å². The largest absolute Gasteiger partial charge is 0.296 e. The summed E-state index contributed by atoms with van der Waals surface area (Å²) in [4.78, 5) is 24.8. The third-order valence-corrected chi connectivity index (χ3v) is 3.97. The van der Waals surface area contributed by atoms with Crippen LogP contribution in [0.2, 0.25) is 0 Å². The smallest absolute Gasteiger partial charge is 0.195 e. The summed E-state index contributed by atoms with van der Waals surface area (Å²) in [6, 6.07) is 1.83. The maximum Gasteiger partial charge on any atom is 0.195 e. The van der Waals surface area contributed by atoms with Crippen molar-refractivity contribution in [2.45, 2.75) is 17.1 Å². The summed E-state index contributed by atoms with van der Waals surface area (Å²) < 4.78 is 1.77. The molecular weight excluding hydrogens is 268 g/mol. The van der Waals surface area contributed by atoms with E-state index < -0.39 is 0 Å². The van der Waals surface area contributed by atoms with E-state index in [1.165, 1.54) is 23.1 Å². The van der Waals surface area contributed by atoms with Crippen LogP contribution in [0.5, 0.6) is 0 Å². The second kappa shape index (κ2) is 4.51. The molecule has 0 aromatic carbocycles. The molecule has 0 aliphatic rings. The second-order valence-electron chi connectivity index (χ2n) is 3.56. The minimum atomic E-state index is 0.543. The summed E-state index contributed by atoms with van der Waals surface area (Å²) >= 11 is 2.79. The highest BCUT2D eigenvalue weighted by Gasteiger charge is 2.14. The fraction of sp³-hybridized carbons (Fsp3) is 0.0909. The molecule has 90 valence electrons. The van der Waals surface area contributed by atoms with E-state index in [4.69, 9.17) is 0 Å². The Morgan fingerprint density at radius 1 is 1.44 bits per heavy atom. The number of hydrogen-bond acceptors (Lipinski definition) is 6. The van der Waals surface area contributed by atoms with Gasteiger partial charge < -0.3 is 0 Å². The Morgan fingerprint density at radius 2 is 2.33 bits per heavy atom. The van der Waals surface area contributed by atoms with Gasteiger partial charge in [-0.25, -0.2) is 15.0 Å². The summed E-state index contributed by atoms with van der Waals surface area (Å²) in [5, 5.41) is 3.14. The number of carbonyl (C=O) groups is 1. The standard InChI is InChI=1S/C11H8N4OS2/c1-7-2-3-12-10(13-7)18-9-8(6-16)15-4-5-17-11(15)14-9/h2-6H,1H3. The quantitative estimate of drug-likeness (QED) is 0.543. The molecule has 3 aromatic rings. The van der Waals surface area contributed by atoms with Gasteiger partial charge in [0.25, 0.3) is 0 Å². The van der Waals surface area contributed by atoms with Gasteiger partial charge in [0.1, 0.15) is 10.7 Å². The Balaban J connectivity index is 2.04. The van der Waals surface area contributed by atoms with Gasteiger partial charge in [0.15, 0.2) is 16.4 Å². The number of fused-ring (bicyclic) bond motifs is 1. The number of rotatable bonds is 3. The maximum absolute atomic E-state index is 11.1. The monoisotopic (exact) mass is 276 g/mol. The molecular formula is C11H8N4OS2. The molecule has 7 heteroatoms. The van der Waals surface area contributed by atoms with Crippen LogP contribution in [0.15, 0.2) is 34.0 Å². The van der Waals surface area contributed by atoms with E-state index in [1.807, 2.05) is 24.6 Å². The van der Waals surface area contributed by atoms with Gasteiger partial charge in [0.05, 0.1) is 0 Å². The Labute approximate surface area is 111 Å². The van der Waals surface area contributed by atoms with Crippen molar-refractivity contribution in [3.8, 4) is 0 Å². The van der Waals surface area contributed by atoms with Gasteiger partial charge in [0.2, 0.25) is 0 Å². The Bertz CT molecular complexity index is 719. The minimum Gasteiger partial charge on any atom is -0.296 e. The van der Waals surface area contributed by atoms with Crippen LogP contribution in [0.1, 0.15) is 16.2 Å². The van der Waals surface area contributed by atoms with Crippen molar-refractivity contribution in [3.05, 3.63) is 35.2 Å². The molecule has 0 saturated heterocycles. The Hall–Kier alpha value is -1.73. The van der Waals surface area contributed by atoms with Crippen LogP contribution < -0.4 is 0 Å². The first-order valence-corrected chi connectivity index (χ1v) is 6.86. The molecule has 0 unspecified atom stereocenters. The molecule has 0 saturated carbocycles. The first-order chi connectivity index (χ1) is 8.78. The molecule has 0 amide bonds. The van der Waals surface area contributed by atoms with Crippen LogP contribution in [0, 0.1) is 6.92 Å². The van der Waals surface area contributed by atoms with Gasteiger partial charge in [-0.15, -0.1) is 11.3 Å². The predicted octanol–water partition coefficient (Wildman–Crippen LogP) is 2.46. The normalized spacial score (nSPS) is 10.9. The van der Waals surface area contributed by atoms with E-state index in [0.717, 1.165) is 16.9 Å². The molecule has 3 aromatic heterocycles. The van der Waals surface area contributed by atoms with Gasteiger partial charge in [-0.1, -0.05) is 0 Å². The molecule has 3 heterocycles. The average Bonchev–Trinajstić information content (AvgIpc) is 2.89. The summed E-state index contributed by atoms with van der Waals surface area (Å²) in [5.41, 5.74) is 1.43. The number of carbonyl (C=O) groups excluding carboxylic acids is 1. The first-order valence-electron chi connectivity index (χ1n) is 5.16. The van der Waals surface area contributed by atoms with Crippen molar-refractivity contribution >= 4 is 34.3 Å². The molecule has 0 N–H and O–H groups in total. The third kappa shape index (κ3) is 1.91. The third-order valence-electron chi connectivity index (χ3n) is 2.34. The molecule has 18 heavy (non-hydrogen) atoms. The van der Waals surface area contributed by atoms with Crippen LogP contribution in [0.3, 0.4) is 0 Å². The van der Waals surface area contributed by atoms with Gasteiger partial charge in [0, 0.05) is 23.5 Å². The predicted molar refractivity (Wildman–Crippen MR) is 69.3 cm³/mol. The lowest BCUT2D eigenvalue weighted by molar-refractivity contribution is 0.111. The Morgan fingerprint density at radius 3 is 3.11 bits per heavy atom. The zero-order valence-corrected chi connectivity index (χ0v) is 11.0. The highest BCUT2D eigenvalue weighted by atomic mass is 32.2. The fourth-order valence-corrected chi connectivity index (χ4v) is 3.17. The van der Waals surface area contributed by atoms with Crippen LogP contribution in [0.4, 0.5) is 0 Å². The molecule has 0 spiro atoms. The summed E-state index contributed by atoms with van der Waals surface area (Å²) in [7, 11) is 0. The number of aldehydes is 1. The lowest BCUT2D eigenvalue weighted by atomic mass is 10.5. The van der Waals surface area contributed by atoms with E-state index in [-0.39, 0.29) is 0 Å². The minimum absolute atomic E-state index is 0.543. The zero-order valence-electron chi connectivity index (χ0n) is 9.40. The molecule has 0 bridgehead atoms.